The van der Waals surface area contributed by atoms with E-state index in [9.17, 15) is 43.9 Å². The first-order chi connectivity index (χ1) is 14.7. The van der Waals surface area contributed by atoms with Crippen molar-refractivity contribution in [3.05, 3.63) is 53.4 Å². The van der Waals surface area contributed by atoms with E-state index >= 15 is 0 Å². The average molecular weight is 484 g/mol. The Bertz CT molecular complexity index is 1120. The molecule has 5 nitrogen and oxygen atoms in total. The van der Waals surface area contributed by atoms with Crippen molar-refractivity contribution in [2.24, 2.45) is 5.92 Å². The minimum absolute atomic E-state index is 0.0328. The predicted octanol–water partition coefficient (Wildman–Crippen LogP) is 4.87. The number of sulfone groups is 1. The number of carbonyl (C=O) groups is 1. The second-order valence-electron chi connectivity index (χ2n) is 7.40. The summed E-state index contributed by atoms with van der Waals surface area (Å²) in [5.74, 6) is -3.74. The van der Waals surface area contributed by atoms with E-state index in [0.29, 0.717) is 12.1 Å². The largest absolute Gasteiger partial charge is 0.451 e. The van der Waals surface area contributed by atoms with Crippen LogP contribution in [0.3, 0.4) is 0 Å². The molecule has 0 saturated heterocycles. The molecule has 0 aliphatic heterocycles. The number of halogens is 7. The van der Waals surface area contributed by atoms with E-state index < -0.39 is 61.0 Å². The Morgan fingerprint density at radius 3 is 2.28 bits per heavy atom. The van der Waals surface area contributed by atoms with Crippen molar-refractivity contribution in [3.8, 4) is 0 Å². The SMILES string of the molecule is O=C(CCC1CC(S(=O)(=O)c2cc(F)cc(C(F)(F)F)c2)C1)c1ccnc(C(F)(F)F)n1. The van der Waals surface area contributed by atoms with E-state index in [1.165, 1.54) is 0 Å². The third-order valence-corrected chi connectivity index (χ3v) is 7.29. The number of alkyl halides is 6. The first-order valence-corrected chi connectivity index (χ1v) is 10.8. The second-order valence-corrected chi connectivity index (χ2v) is 9.63. The molecule has 0 spiro atoms. The molecule has 32 heavy (non-hydrogen) atoms. The fourth-order valence-electron chi connectivity index (χ4n) is 3.36. The second kappa shape index (κ2) is 8.41. The molecular weight excluding hydrogens is 469 g/mol. The van der Waals surface area contributed by atoms with Gasteiger partial charge in [0, 0.05) is 12.6 Å². The number of benzene rings is 1. The van der Waals surface area contributed by atoms with Gasteiger partial charge < -0.3 is 0 Å². The van der Waals surface area contributed by atoms with Crippen LogP contribution >= 0.6 is 0 Å². The molecule has 1 aliphatic rings. The molecule has 1 aliphatic carbocycles. The van der Waals surface area contributed by atoms with Crippen molar-refractivity contribution in [2.75, 3.05) is 0 Å². The number of hydrogen-bond acceptors (Lipinski definition) is 5. The van der Waals surface area contributed by atoms with Crippen LogP contribution in [0, 0.1) is 11.7 Å². The molecule has 0 unspecified atom stereocenters. The van der Waals surface area contributed by atoms with Gasteiger partial charge in [-0.05, 0) is 49.4 Å². The highest BCUT2D eigenvalue weighted by molar-refractivity contribution is 7.92. The van der Waals surface area contributed by atoms with Gasteiger partial charge in [0.05, 0.1) is 15.7 Å². The van der Waals surface area contributed by atoms with Gasteiger partial charge in [0.25, 0.3) is 0 Å². The normalized spacial score (nSPS) is 19.5. The van der Waals surface area contributed by atoms with Gasteiger partial charge in [-0.3, -0.25) is 4.79 Å². The Balaban J connectivity index is 1.61. The number of hydrogen-bond donors (Lipinski definition) is 0. The average Bonchev–Trinajstić information content (AvgIpc) is 2.64. The maximum atomic E-state index is 13.5. The number of rotatable bonds is 6. The van der Waals surface area contributed by atoms with Gasteiger partial charge >= 0.3 is 12.4 Å². The number of Topliss-reactive ketones (excluding diaryl/α,β-unsaturated/α-hetero) is 1. The van der Waals surface area contributed by atoms with E-state index in [4.69, 9.17) is 0 Å². The predicted molar refractivity (Wildman–Crippen MR) is 95.7 cm³/mol. The number of ketones is 1. The Kier molecular flexibility index (Phi) is 6.33. The van der Waals surface area contributed by atoms with Crippen LogP contribution in [0.1, 0.15) is 47.6 Å². The van der Waals surface area contributed by atoms with Gasteiger partial charge in [0.2, 0.25) is 5.82 Å². The van der Waals surface area contributed by atoms with Crippen LogP contribution in [0.15, 0.2) is 35.4 Å². The third-order valence-electron chi connectivity index (χ3n) is 5.13. The number of nitrogens with zero attached hydrogens (tertiary/aromatic N) is 2. The van der Waals surface area contributed by atoms with Crippen molar-refractivity contribution in [2.45, 2.75) is 48.2 Å². The molecule has 2 aromatic rings. The molecule has 1 heterocycles. The maximum Gasteiger partial charge on any atom is 0.451 e. The quantitative estimate of drug-likeness (QED) is 0.432. The van der Waals surface area contributed by atoms with Crippen LogP contribution in [0.2, 0.25) is 0 Å². The minimum Gasteiger partial charge on any atom is -0.292 e. The molecule has 1 saturated carbocycles. The molecule has 174 valence electrons. The molecule has 13 heteroatoms. The topological polar surface area (TPSA) is 77.0 Å². The standard InChI is InChI=1S/C19H15F7N2O3S/c20-12-7-11(18(21,22)23)8-14(9-12)32(30,31)13-5-10(6-13)1-2-16(29)15-3-4-27-17(28-15)19(24,25)26/h3-4,7-10,13H,1-2,5-6H2. The summed E-state index contributed by atoms with van der Waals surface area (Å²) in [7, 11) is -4.22. The fraction of sp³-hybridized carbons (Fsp3) is 0.421. The Hall–Kier alpha value is -2.57. The smallest absolute Gasteiger partial charge is 0.292 e. The van der Waals surface area contributed by atoms with Crippen molar-refractivity contribution in [1.82, 2.24) is 9.97 Å². The summed E-state index contributed by atoms with van der Waals surface area (Å²) in [5.41, 5.74) is -1.84. The van der Waals surface area contributed by atoms with E-state index in [1.54, 1.807) is 0 Å². The number of carbonyl (C=O) groups excluding carboxylic acids is 1. The summed E-state index contributed by atoms with van der Waals surface area (Å²) in [6.07, 6.45) is -8.88. The molecule has 1 aromatic heterocycles. The summed E-state index contributed by atoms with van der Waals surface area (Å²) in [5, 5.41) is -1.04. The zero-order valence-corrected chi connectivity index (χ0v) is 16.9. The molecule has 0 bridgehead atoms. The van der Waals surface area contributed by atoms with Crippen molar-refractivity contribution < 1.29 is 43.9 Å². The molecule has 0 radical (unpaired) electrons. The van der Waals surface area contributed by atoms with Gasteiger partial charge in [-0.2, -0.15) is 26.3 Å². The van der Waals surface area contributed by atoms with E-state index in [0.717, 1.165) is 12.3 Å². The first kappa shape index (κ1) is 24.1. The molecular formula is C19H15F7N2O3S. The molecule has 1 aromatic carbocycles. The van der Waals surface area contributed by atoms with E-state index in [1.807, 2.05) is 0 Å². The summed E-state index contributed by atoms with van der Waals surface area (Å²) in [6.45, 7) is 0. The lowest BCUT2D eigenvalue weighted by atomic mass is 9.81. The van der Waals surface area contributed by atoms with Gasteiger partial charge in [0.1, 0.15) is 11.5 Å². The minimum atomic E-state index is -4.91. The van der Waals surface area contributed by atoms with Crippen molar-refractivity contribution in [1.29, 1.82) is 0 Å². The maximum absolute atomic E-state index is 13.5. The molecule has 0 amide bonds. The lowest BCUT2D eigenvalue weighted by molar-refractivity contribution is -0.145. The summed E-state index contributed by atoms with van der Waals surface area (Å²) < 4.78 is 115. The van der Waals surface area contributed by atoms with Crippen LogP contribution in [0.4, 0.5) is 30.7 Å². The van der Waals surface area contributed by atoms with Crippen molar-refractivity contribution in [3.63, 3.8) is 0 Å². The molecule has 0 N–H and O–H groups in total. The van der Waals surface area contributed by atoms with Crippen molar-refractivity contribution >= 4 is 15.6 Å². The Morgan fingerprint density at radius 2 is 1.69 bits per heavy atom. The van der Waals surface area contributed by atoms with Gasteiger partial charge in [-0.25, -0.2) is 22.8 Å². The number of aromatic nitrogens is 2. The Labute approximate surface area is 177 Å². The fourth-order valence-corrected chi connectivity index (χ4v) is 5.36. The highest BCUT2D eigenvalue weighted by Crippen LogP contribution is 2.40. The summed E-state index contributed by atoms with van der Waals surface area (Å²) >= 11 is 0. The lowest BCUT2D eigenvalue weighted by Crippen LogP contribution is -2.36. The zero-order valence-electron chi connectivity index (χ0n) is 16.0. The molecule has 3 rings (SSSR count). The molecule has 1 fully saturated rings. The van der Waals surface area contributed by atoms with Gasteiger partial charge in [0.15, 0.2) is 15.6 Å². The monoisotopic (exact) mass is 484 g/mol. The molecule has 0 atom stereocenters. The highest BCUT2D eigenvalue weighted by Gasteiger charge is 2.41. The van der Waals surface area contributed by atoms with Crippen LogP contribution in [-0.2, 0) is 22.2 Å². The van der Waals surface area contributed by atoms with E-state index in [-0.39, 0.29) is 37.7 Å². The van der Waals surface area contributed by atoms with E-state index in [2.05, 4.69) is 9.97 Å². The first-order valence-electron chi connectivity index (χ1n) is 9.23. The third kappa shape index (κ3) is 5.25. The zero-order chi connectivity index (χ0) is 23.9. The van der Waals surface area contributed by atoms with Crippen LogP contribution in [0.25, 0.3) is 0 Å². The van der Waals surface area contributed by atoms with Crippen LogP contribution in [0.5, 0.6) is 0 Å². The van der Waals surface area contributed by atoms with Gasteiger partial charge in [-0.15, -0.1) is 0 Å². The van der Waals surface area contributed by atoms with Crippen LogP contribution < -0.4 is 0 Å². The Morgan fingerprint density at radius 1 is 1.03 bits per heavy atom. The highest BCUT2D eigenvalue weighted by atomic mass is 32.2. The summed E-state index contributed by atoms with van der Waals surface area (Å²) in [6, 6.07) is 2.14. The lowest BCUT2D eigenvalue weighted by Gasteiger charge is -2.34. The summed E-state index contributed by atoms with van der Waals surface area (Å²) in [4.78, 5) is 17.6. The van der Waals surface area contributed by atoms with Gasteiger partial charge in [-0.1, -0.05) is 0 Å². The van der Waals surface area contributed by atoms with Crippen LogP contribution in [-0.4, -0.2) is 29.4 Å².